The van der Waals surface area contributed by atoms with Crippen molar-refractivity contribution in [2.45, 2.75) is 6.54 Å². The van der Waals surface area contributed by atoms with Crippen LogP contribution in [0.1, 0.15) is 26.3 Å². The van der Waals surface area contributed by atoms with E-state index in [1.54, 1.807) is 42.5 Å². The molecule has 2 N–H and O–H groups in total. The first kappa shape index (κ1) is 23.7. The van der Waals surface area contributed by atoms with E-state index >= 15 is 0 Å². The maximum Gasteiger partial charge on any atom is 0.255 e. The maximum absolute atomic E-state index is 13.1. The van der Waals surface area contributed by atoms with Crippen LogP contribution in [-0.4, -0.2) is 25.9 Å². The number of benzene rings is 4. The highest BCUT2D eigenvalue weighted by Crippen LogP contribution is 2.24. The van der Waals surface area contributed by atoms with E-state index in [0.717, 1.165) is 16.7 Å². The summed E-state index contributed by atoms with van der Waals surface area (Å²) in [7, 11) is 3.69. The standard InChI is InChI=1S/C29H26FN3O2/c1-33(2)27-17-16-25(18-26(27)29(35)31-19-20-8-14-24(30)15-9-20)32-28(34)23-12-10-22(11-13-23)21-6-4-3-5-7-21/h3-18H,19H2,1-2H3,(H,31,35)(H,32,34). The molecule has 0 fully saturated rings. The van der Waals surface area contributed by atoms with Gasteiger partial charge in [0.25, 0.3) is 11.8 Å². The van der Waals surface area contributed by atoms with E-state index in [4.69, 9.17) is 0 Å². The number of anilines is 2. The van der Waals surface area contributed by atoms with Crippen molar-refractivity contribution in [1.29, 1.82) is 0 Å². The van der Waals surface area contributed by atoms with Crippen LogP contribution in [0, 0.1) is 5.82 Å². The van der Waals surface area contributed by atoms with E-state index in [2.05, 4.69) is 10.6 Å². The van der Waals surface area contributed by atoms with Gasteiger partial charge in [-0.2, -0.15) is 0 Å². The average Bonchev–Trinajstić information content (AvgIpc) is 2.88. The highest BCUT2D eigenvalue weighted by molar-refractivity contribution is 6.06. The van der Waals surface area contributed by atoms with Gasteiger partial charge in [0.15, 0.2) is 0 Å². The van der Waals surface area contributed by atoms with Crippen LogP contribution in [0.25, 0.3) is 11.1 Å². The van der Waals surface area contributed by atoms with E-state index in [1.165, 1.54) is 12.1 Å². The molecule has 0 spiro atoms. The average molecular weight is 468 g/mol. The van der Waals surface area contributed by atoms with Crippen molar-refractivity contribution in [3.8, 4) is 11.1 Å². The number of carbonyl (C=O) groups is 2. The van der Waals surface area contributed by atoms with Crippen molar-refractivity contribution >= 4 is 23.2 Å². The molecule has 0 radical (unpaired) electrons. The van der Waals surface area contributed by atoms with Gasteiger partial charge in [-0.25, -0.2) is 4.39 Å². The zero-order chi connectivity index (χ0) is 24.8. The van der Waals surface area contributed by atoms with Crippen LogP contribution in [0.4, 0.5) is 15.8 Å². The zero-order valence-corrected chi connectivity index (χ0v) is 19.6. The molecule has 0 atom stereocenters. The number of amides is 2. The van der Waals surface area contributed by atoms with Crippen molar-refractivity contribution in [3.63, 3.8) is 0 Å². The number of halogens is 1. The molecular formula is C29H26FN3O2. The van der Waals surface area contributed by atoms with Gasteiger partial charge < -0.3 is 15.5 Å². The summed E-state index contributed by atoms with van der Waals surface area (Å²) in [4.78, 5) is 27.6. The smallest absolute Gasteiger partial charge is 0.255 e. The second kappa shape index (κ2) is 10.7. The quantitative estimate of drug-likeness (QED) is 0.364. The summed E-state index contributed by atoms with van der Waals surface area (Å²) in [5.41, 5.74) is 5.06. The first-order chi connectivity index (χ1) is 16.9. The lowest BCUT2D eigenvalue weighted by atomic mass is 10.0. The Labute approximate surface area is 204 Å². The zero-order valence-electron chi connectivity index (χ0n) is 19.6. The highest BCUT2D eigenvalue weighted by Gasteiger charge is 2.15. The molecule has 0 aliphatic heterocycles. The van der Waals surface area contributed by atoms with Crippen molar-refractivity contribution in [3.05, 3.63) is 120 Å². The number of nitrogens with one attached hydrogen (secondary N) is 2. The number of nitrogens with zero attached hydrogens (tertiary/aromatic N) is 1. The predicted molar refractivity (Wildman–Crippen MR) is 138 cm³/mol. The van der Waals surface area contributed by atoms with Crippen LogP contribution < -0.4 is 15.5 Å². The lowest BCUT2D eigenvalue weighted by Crippen LogP contribution is -2.25. The van der Waals surface area contributed by atoms with E-state index in [9.17, 15) is 14.0 Å². The summed E-state index contributed by atoms with van der Waals surface area (Å²) in [6.45, 7) is 0.260. The van der Waals surface area contributed by atoms with Crippen molar-refractivity contribution in [2.75, 3.05) is 24.3 Å². The Morgan fingerprint density at radius 1 is 0.771 bits per heavy atom. The molecule has 5 nitrogen and oxygen atoms in total. The molecule has 4 rings (SSSR count). The monoisotopic (exact) mass is 467 g/mol. The second-order valence-corrected chi connectivity index (χ2v) is 8.33. The summed E-state index contributed by atoms with van der Waals surface area (Å²) < 4.78 is 13.1. The van der Waals surface area contributed by atoms with Gasteiger partial charge in [0.05, 0.1) is 5.56 Å². The third-order valence-electron chi connectivity index (χ3n) is 5.60. The van der Waals surface area contributed by atoms with Crippen LogP contribution >= 0.6 is 0 Å². The number of carbonyl (C=O) groups excluding carboxylic acids is 2. The van der Waals surface area contributed by atoms with Crippen LogP contribution in [0.15, 0.2) is 97.1 Å². The molecule has 176 valence electrons. The summed E-state index contributed by atoms with van der Waals surface area (Å²) in [5, 5.41) is 5.74. The van der Waals surface area contributed by atoms with Gasteiger partial charge in [0.2, 0.25) is 0 Å². The van der Waals surface area contributed by atoms with Crippen molar-refractivity contribution in [2.24, 2.45) is 0 Å². The Hall–Kier alpha value is -4.45. The first-order valence-electron chi connectivity index (χ1n) is 11.2. The maximum atomic E-state index is 13.1. The molecule has 4 aromatic carbocycles. The van der Waals surface area contributed by atoms with Crippen LogP contribution in [0.2, 0.25) is 0 Å². The molecule has 0 aromatic heterocycles. The Kier molecular flexibility index (Phi) is 7.21. The second-order valence-electron chi connectivity index (χ2n) is 8.33. The molecule has 35 heavy (non-hydrogen) atoms. The summed E-state index contributed by atoms with van der Waals surface area (Å²) in [6.07, 6.45) is 0. The number of rotatable bonds is 7. The van der Waals surface area contributed by atoms with Gasteiger partial charge in [-0.15, -0.1) is 0 Å². The molecule has 4 aromatic rings. The summed E-state index contributed by atoms with van der Waals surface area (Å²) in [5.74, 6) is -0.880. The van der Waals surface area contributed by atoms with Gasteiger partial charge in [-0.3, -0.25) is 9.59 Å². The Balaban J connectivity index is 1.48. The Morgan fingerprint density at radius 3 is 2.09 bits per heavy atom. The fraction of sp³-hybridized carbons (Fsp3) is 0.103. The van der Waals surface area contributed by atoms with E-state index in [0.29, 0.717) is 22.5 Å². The van der Waals surface area contributed by atoms with Gasteiger partial charge in [-0.1, -0.05) is 54.6 Å². The van der Waals surface area contributed by atoms with Crippen molar-refractivity contribution < 1.29 is 14.0 Å². The molecule has 6 heteroatoms. The summed E-state index contributed by atoms with van der Waals surface area (Å²) in [6, 6.07) is 28.5. The molecule has 2 amide bonds. The molecule has 0 bridgehead atoms. The molecule has 0 heterocycles. The molecular weight excluding hydrogens is 441 g/mol. The normalized spacial score (nSPS) is 10.5. The van der Waals surface area contributed by atoms with E-state index in [1.807, 2.05) is 61.5 Å². The fourth-order valence-electron chi connectivity index (χ4n) is 3.71. The third kappa shape index (κ3) is 5.92. The van der Waals surface area contributed by atoms with Gasteiger partial charge in [0.1, 0.15) is 5.82 Å². The Bertz CT molecular complexity index is 1320. The molecule has 0 saturated heterocycles. The molecule has 0 aliphatic rings. The minimum Gasteiger partial charge on any atom is -0.377 e. The van der Waals surface area contributed by atoms with Gasteiger partial charge in [0, 0.05) is 37.6 Å². The van der Waals surface area contributed by atoms with E-state index in [-0.39, 0.29) is 24.2 Å². The van der Waals surface area contributed by atoms with Crippen LogP contribution in [-0.2, 0) is 6.54 Å². The van der Waals surface area contributed by atoms with E-state index < -0.39 is 0 Å². The van der Waals surface area contributed by atoms with Gasteiger partial charge in [-0.05, 0) is 59.2 Å². The molecule has 0 unspecified atom stereocenters. The minimum atomic E-state index is -0.326. The molecule has 0 saturated carbocycles. The topological polar surface area (TPSA) is 61.4 Å². The molecule has 0 aliphatic carbocycles. The number of hydrogen-bond acceptors (Lipinski definition) is 3. The van der Waals surface area contributed by atoms with Crippen LogP contribution in [0.5, 0.6) is 0 Å². The minimum absolute atomic E-state index is 0.260. The van der Waals surface area contributed by atoms with Gasteiger partial charge >= 0.3 is 0 Å². The third-order valence-corrected chi connectivity index (χ3v) is 5.60. The lowest BCUT2D eigenvalue weighted by molar-refractivity contribution is 0.0950. The first-order valence-corrected chi connectivity index (χ1v) is 11.2. The fourth-order valence-corrected chi connectivity index (χ4v) is 3.71. The number of hydrogen-bond donors (Lipinski definition) is 2. The Morgan fingerprint density at radius 2 is 1.43 bits per heavy atom. The highest BCUT2D eigenvalue weighted by atomic mass is 19.1. The SMILES string of the molecule is CN(C)c1ccc(NC(=O)c2ccc(-c3ccccc3)cc2)cc1C(=O)NCc1ccc(F)cc1. The largest absolute Gasteiger partial charge is 0.377 e. The summed E-state index contributed by atoms with van der Waals surface area (Å²) >= 11 is 0. The lowest BCUT2D eigenvalue weighted by Gasteiger charge is -2.18. The van der Waals surface area contributed by atoms with Crippen molar-refractivity contribution in [1.82, 2.24) is 5.32 Å². The predicted octanol–water partition coefficient (Wildman–Crippen LogP) is 5.74. The van der Waals surface area contributed by atoms with Crippen LogP contribution in [0.3, 0.4) is 0 Å².